The first-order valence-corrected chi connectivity index (χ1v) is 3.58. The van der Waals surface area contributed by atoms with Crippen LogP contribution in [0.25, 0.3) is 5.65 Å². The molecule has 5 nitrogen and oxygen atoms in total. The van der Waals surface area contributed by atoms with Gasteiger partial charge >= 0.3 is 0 Å². The molecule has 0 aliphatic carbocycles. The molecule has 0 spiro atoms. The molecule has 0 aliphatic heterocycles. The lowest BCUT2D eigenvalue weighted by Crippen LogP contribution is -2.12. The summed E-state index contributed by atoms with van der Waals surface area (Å²) in [6.45, 7) is 1.95. The fourth-order valence-electron chi connectivity index (χ4n) is 1.18. The highest BCUT2D eigenvalue weighted by Crippen LogP contribution is 2.09. The molecule has 2 heterocycles. The van der Waals surface area contributed by atoms with Gasteiger partial charge in [-0.1, -0.05) is 0 Å². The van der Waals surface area contributed by atoms with Crippen molar-refractivity contribution in [1.82, 2.24) is 14.4 Å². The number of nitrogens with zero attached hydrogens (tertiary/aromatic N) is 3. The molecule has 0 atom stereocenters. The van der Waals surface area contributed by atoms with Crippen LogP contribution >= 0.6 is 0 Å². The average Bonchev–Trinajstić information content (AvgIpc) is 2.48. The number of hydrogen-bond acceptors (Lipinski definition) is 4. The molecule has 5 heteroatoms. The Balaban J connectivity index is 2.84. The number of nitrogens with one attached hydrogen (secondary N) is 1. The number of hydrazine groups is 1. The summed E-state index contributed by atoms with van der Waals surface area (Å²) in [5, 5.41) is 0. The largest absolute Gasteiger partial charge is 0.293 e. The number of imidazole rings is 1. The second-order valence-corrected chi connectivity index (χ2v) is 2.51. The van der Waals surface area contributed by atoms with E-state index in [-0.39, 0.29) is 0 Å². The van der Waals surface area contributed by atoms with Gasteiger partial charge in [0.2, 0.25) is 5.95 Å². The predicted octanol–water partition coefficient (Wildman–Crippen LogP) is 0.323. The standard InChI is InChI=1S/C7H9N5/c1-5-4-10-6-2-3-9-7(11-8)12(5)6/h2-4H,8H2,1H3,(H,9,11). The minimum Gasteiger partial charge on any atom is -0.293 e. The van der Waals surface area contributed by atoms with Gasteiger partial charge in [-0.2, -0.15) is 0 Å². The summed E-state index contributed by atoms with van der Waals surface area (Å²) in [5.74, 6) is 5.88. The zero-order valence-electron chi connectivity index (χ0n) is 6.65. The van der Waals surface area contributed by atoms with E-state index in [1.54, 1.807) is 12.4 Å². The normalized spacial score (nSPS) is 10.5. The topological polar surface area (TPSA) is 68.2 Å². The summed E-state index contributed by atoms with van der Waals surface area (Å²) < 4.78 is 1.85. The van der Waals surface area contributed by atoms with Gasteiger partial charge in [0.1, 0.15) is 5.65 Å². The number of nitrogens with two attached hydrogens (primary N) is 1. The first kappa shape index (κ1) is 7.05. The molecular formula is C7H9N5. The van der Waals surface area contributed by atoms with Crippen LogP contribution in [-0.2, 0) is 0 Å². The number of aromatic nitrogens is 3. The lowest BCUT2D eigenvalue weighted by Gasteiger charge is -2.02. The number of nitrogen functional groups attached to an aromatic ring is 1. The average molecular weight is 163 g/mol. The molecular weight excluding hydrogens is 154 g/mol. The minimum absolute atomic E-state index is 0.600. The Kier molecular flexibility index (Phi) is 1.44. The SMILES string of the molecule is Cc1cnc2ccnc(NN)n12. The fourth-order valence-corrected chi connectivity index (χ4v) is 1.18. The van der Waals surface area contributed by atoms with Crippen LogP contribution < -0.4 is 11.3 Å². The van der Waals surface area contributed by atoms with E-state index >= 15 is 0 Å². The highest BCUT2D eigenvalue weighted by atomic mass is 15.3. The van der Waals surface area contributed by atoms with Gasteiger partial charge in [-0.25, -0.2) is 15.8 Å². The lowest BCUT2D eigenvalue weighted by atomic mass is 10.5. The first-order chi connectivity index (χ1) is 5.83. The van der Waals surface area contributed by atoms with E-state index in [0.29, 0.717) is 5.95 Å². The lowest BCUT2D eigenvalue weighted by molar-refractivity contribution is 1.02. The van der Waals surface area contributed by atoms with Crippen LogP contribution in [0.5, 0.6) is 0 Å². The second-order valence-electron chi connectivity index (χ2n) is 2.51. The molecule has 0 radical (unpaired) electrons. The minimum atomic E-state index is 0.600. The second kappa shape index (κ2) is 2.46. The maximum Gasteiger partial charge on any atom is 0.223 e. The molecule has 0 saturated heterocycles. The van der Waals surface area contributed by atoms with E-state index < -0.39 is 0 Å². The Bertz CT molecular complexity index is 405. The Hall–Kier alpha value is -1.62. The van der Waals surface area contributed by atoms with Crippen LogP contribution in [-0.4, -0.2) is 14.4 Å². The molecule has 2 aromatic rings. The maximum atomic E-state index is 5.28. The molecule has 2 aromatic heterocycles. The van der Waals surface area contributed by atoms with Crippen molar-refractivity contribution in [2.24, 2.45) is 5.84 Å². The monoisotopic (exact) mass is 163 g/mol. The predicted molar refractivity (Wildman–Crippen MR) is 45.5 cm³/mol. The van der Waals surface area contributed by atoms with Gasteiger partial charge < -0.3 is 0 Å². The van der Waals surface area contributed by atoms with Crippen LogP contribution in [0.4, 0.5) is 5.95 Å². The zero-order chi connectivity index (χ0) is 8.55. The van der Waals surface area contributed by atoms with E-state index in [1.807, 2.05) is 17.4 Å². The van der Waals surface area contributed by atoms with Gasteiger partial charge in [0.25, 0.3) is 0 Å². The molecule has 0 amide bonds. The van der Waals surface area contributed by atoms with Crippen LogP contribution in [0.1, 0.15) is 5.69 Å². The smallest absolute Gasteiger partial charge is 0.223 e. The van der Waals surface area contributed by atoms with Crippen molar-refractivity contribution in [1.29, 1.82) is 0 Å². The van der Waals surface area contributed by atoms with Gasteiger partial charge in [0.15, 0.2) is 0 Å². The number of hydrogen-bond donors (Lipinski definition) is 2. The summed E-state index contributed by atoms with van der Waals surface area (Å²) in [4.78, 5) is 8.20. The quantitative estimate of drug-likeness (QED) is 0.469. The molecule has 62 valence electrons. The van der Waals surface area contributed by atoms with Gasteiger partial charge in [-0.05, 0) is 13.0 Å². The van der Waals surface area contributed by atoms with Crippen LogP contribution in [0, 0.1) is 6.92 Å². The van der Waals surface area contributed by atoms with Crippen molar-refractivity contribution in [2.45, 2.75) is 6.92 Å². The van der Waals surface area contributed by atoms with Crippen molar-refractivity contribution < 1.29 is 0 Å². The van der Waals surface area contributed by atoms with E-state index in [9.17, 15) is 0 Å². The van der Waals surface area contributed by atoms with Gasteiger partial charge in [0, 0.05) is 18.1 Å². The zero-order valence-corrected chi connectivity index (χ0v) is 6.65. The van der Waals surface area contributed by atoms with E-state index in [0.717, 1.165) is 11.3 Å². The highest BCUT2D eigenvalue weighted by molar-refractivity contribution is 5.46. The highest BCUT2D eigenvalue weighted by Gasteiger charge is 2.02. The van der Waals surface area contributed by atoms with Crippen LogP contribution in [0.15, 0.2) is 18.5 Å². The van der Waals surface area contributed by atoms with Gasteiger partial charge in [0.05, 0.1) is 0 Å². The Morgan fingerprint density at radius 2 is 2.33 bits per heavy atom. The van der Waals surface area contributed by atoms with Crippen molar-refractivity contribution in [3.8, 4) is 0 Å². The number of anilines is 1. The Labute approximate surface area is 69.2 Å². The van der Waals surface area contributed by atoms with E-state index in [1.165, 1.54) is 0 Å². The van der Waals surface area contributed by atoms with Crippen LogP contribution in [0.2, 0.25) is 0 Å². The van der Waals surface area contributed by atoms with Crippen molar-refractivity contribution >= 4 is 11.6 Å². The maximum absolute atomic E-state index is 5.28. The Morgan fingerprint density at radius 1 is 1.50 bits per heavy atom. The molecule has 12 heavy (non-hydrogen) atoms. The molecule has 0 unspecified atom stereocenters. The van der Waals surface area contributed by atoms with Crippen molar-refractivity contribution in [2.75, 3.05) is 5.43 Å². The molecule has 0 fully saturated rings. The van der Waals surface area contributed by atoms with Crippen LogP contribution in [0.3, 0.4) is 0 Å². The molecule has 0 aliphatic rings. The van der Waals surface area contributed by atoms with E-state index in [2.05, 4.69) is 15.4 Å². The van der Waals surface area contributed by atoms with Gasteiger partial charge in [-0.15, -0.1) is 0 Å². The molecule has 0 bridgehead atoms. The third-order valence-electron chi connectivity index (χ3n) is 1.73. The number of fused-ring (bicyclic) bond motifs is 1. The molecule has 0 aromatic carbocycles. The number of aryl methyl sites for hydroxylation is 1. The third kappa shape index (κ3) is 0.835. The Morgan fingerprint density at radius 3 is 3.08 bits per heavy atom. The van der Waals surface area contributed by atoms with E-state index in [4.69, 9.17) is 5.84 Å². The third-order valence-corrected chi connectivity index (χ3v) is 1.73. The summed E-state index contributed by atoms with van der Waals surface area (Å²) in [5.41, 5.74) is 4.36. The first-order valence-electron chi connectivity index (χ1n) is 3.58. The van der Waals surface area contributed by atoms with Crippen molar-refractivity contribution in [3.05, 3.63) is 24.2 Å². The number of rotatable bonds is 1. The molecule has 2 rings (SSSR count). The summed E-state index contributed by atoms with van der Waals surface area (Å²) in [7, 11) is 0. The molecule has 3 N–H and O–H groups in total. The fraction of sp³-hybridized carbons (Fsp3) is 0.143. The van der Waals surface area contributed by atoms with Crippen molar-refractivity contribution in [3.63, 3.8) is 0 Å². The molecule has 0 saturated carbocycles. The summed E-state index contributed by atoms with van der Waals surface area (Å²) in [6.07, 6.45) is 3.44. The summed E-state index contributed by atoms with van der Waals surface area (Å²) >= 11 is 0. The van der Waals surface area contributed by atoms with Gasteiger partial charge in [-0.3, -0.25) is 9.83 Å². The summed E-state index contributed by atoms with van der Waals surface area (Å²) in [6, 6.07) is 1.83.